The summed E-state index contributed by atoms with van der Waals surface area (Å²) in [6, 6.07) is 21.8. The van der Waals surface area contributed by atoms with Gasteiger partial charge in [0.05, 0.1) is 7.11 Å². The fraction of sp³-hybridized carbons (Fsp3) is 0.136. The van der Waals surface area contributed by atoms with Crippen molar-refractivity contribution in [2.24, 2.45) is 0 Å². The fourth-order valence-corrected chi connectivity index (χ4v) is 2.52. The number of ether oxygens (including phenoxy) is 3. The second-order valence-corrected chi connectivity index (χ2v) is 5.81. The molecule has 0 atom stereocenters. The van der Waals surface area contributed by atoms with Crippen molar-refractivity contribution in [1.29, 1.82) is 0 Å². The van der Waals surface area contributed by atoms with Crippen LogP contribution >= 0.6 is 0 Å². The molecular weight excluding hydrogens is 347 g/mol. The molecule has 0 unspecified atom stereocenters. The fourth-order valence-electron chi connectivity index (χ4n) is 2.52. The number of benzene rings is 3. The summed E-state index contributed by atoms with van der Waals surface area (Å²) in [4.78, 5) is 11.8. The van der Waals surface area contributed by atoms with Gasteiger partial charge in [0, 0.05) is 0 Å². The zero-order valence-corrected chi connectivity index (χ0v) is 14.9. The van der Waals surface area contributed by atoms with Crippen LogP contribution in [-0.2, 0) is 16.1 Å². The topological polar surface area (TPSA) is 44.8 Å². The van der Waals surface area contributed by atoms with Crippen molar-refractivity contribution in [1.82, 2.24) is 0 Å². The van der Waals surface area contributed by atoms with Crippen LogP contribution in [0.5, 0.6) is 11.5 Å². The van der Waals surface area contributed by atoms with Gasteiger partial charge in [0.15, 0.2) is 18.2 Å². The lowest BCUT2D eigenvalue weighted by atomic mass is 10.1. The Balaban J connectivity index is 1.48. The monoisotopic (exact) mass is 366 g/mol. The lowest BCUT2D eigenvalue weighted by Gasteiger charge is -2.09. The number of hydrogen-bond acceptors (Lipinski definition) is 4. The third-order valence-electron chi connectivity index (χ3n) is 3.93. The number of halogens is 1. The van der Waals surface area contributed by atoms with Crippen molar-refractivity contribution in [3.8, 4) is 22.6 Å². The number of carbonyl (C=O) groups excluding carboxylic acids is 1. The van der Waals surface area contributed by atoms with E-state index in [9.17, 15) is 9.18 Å². The maximum atomic E-state index is 13.6. The average Bonchev–Trinajstić information content (AvgIpc) is 2.72. The van der Waals surface area contributed by atoms with Crippen LogP contribution in [0.4, 0.5) is 4.39 Å². The molecule has 0 bridgehead atoms. The first-order valence-electron chi connectivity index (χ1n) is 8.42. The molecule has 0 saturated heterocycles. The molecule has 0 aliphatic carbocycles. The van der Waals surface area contributed by atoms with E-state index in [1.807, 2.05) is 42.5 Å². The highest BCUT2D eigenvalue weighted by atomic mass is 19.1. The minimum absolute atomic E-state index is 0.0317. The predicted molar refractivity (Wildman–Crippen MR) is 100 cm³/mol. The summed E-state index contributed by atoms with van der Waals surface area (Å²) in [6.07, 6.45) is 0. The second kappa shape index (κ2) is 8.85. The van der Waals surface area contributed by atoms with Crippen LogP contribution < -0.4 is 9.47 Å². The third kappa shape index (κ3) is 5.07. The summed E-state index contributed by atoms with van der Waals surface area (Å²) in [5.74, 6) is -0.311. The molecule has 3 aromatic rings. The van der Waals surface area contributed by atoms with Crippen molar-refractivity contribution >= 4 is 5.97 Å². The average molecular weight is 366 g/mol. The Morgan fingerprint density at radius 3 is 2.30 bits per heavy atom. The van der Waals surface area contributed by atoms with E-state index in [4.69, 9.17) is 14.2 Å². The van der Waals surface area contributed by atoms with Crippen molar-refractivity contribution in [2.75, 3.05) is 13.7 Å². The Morgan fingerprint density at radius 2 is 1.63 bits per heavy atom. The van der Waals surface area contributed by atoms with Gasteiger partial charge in [-0.05, 0) is 41.0 Å². The predicted octanol–water partition coefficient (Wildman–Crippen LogP) is 4.62. The normalized spacial score (nSPS) is 10.3. The summed E-state index contributed by atoms with van der Waals surface area (Å²) in [5.41, 5.74) is 2.70. The van der Waals surface area contributed by atoms with Gasteiger partial charge in [-0.1, -0.05) is 48.5 Å². The van der Waals surface area contributed by atoms with Crippen molar-refractivity contribution in [3.63, 3.8) is 0 Å². The molecule has 0 fully saturated rings. The quantitative estimate of drug-likeness (QED) is 0.572. The molecule has 0 aromatic heterocycles. The van der Waals surface area contributed by atoms with E-state index in [1.165, 1.54) is 19.2 Å². The number of rotatable bonds is 7. The van der Waals surface area contributed by atoms with Gasteiger partial charge < -0.3 is 14.2 Å². The standard InChI is InChI=1S/C22H19FO4/c1-25-21-12-7-16(13-20(21)23)14-27-22(24)15-26-19-10-8-18(9-11-19)17-5-3-2-4-6-17/h2-13H,14-15H2,1H3. The van der Waals surface area contributed by atoms with Crippen LogP contribution in [0.3, 0.4) is 0 Å². The summed E-state index contributed by atoms with van der Waals surface area (Å²) in [6.45, 7) is -0.251. The molecular formula is C22H19FO4. The third-order valence-corrected chi connectivity index (χ3v) is 3.93. The van der Waals surface area contributed by atoms with E-state index in [1.54, 1.807) is 18.2 Å². The molecule has 4 nitrogen and oxygen atoms in total. The van der Waals surface area contributed by atoms with E-state index >= 15 is 0 Å². The molecule has 0 spiro atoms. The molecule has 0 N–H and O–H groups in total. The van der Waals surface area contributed by atoms with Crippen LogP contribution in [0.25, 0.3) is 11.1 Å². The van der Waals surface area contributed by atoms with E-state index in [0.29, 0.717) is 11.3 Å². The zero-order valence-electron chi connectivity index (χ0n) is 14.9. The summed E-state index contributed by atoms with van der Waals surface area (Å²) < 4.78 is 29.0. The van der Waals surface area contributed by atoms with Gasteiger partial charge in [-0.25, -0.2) is 9.18 Å². The Bertz CT molecular complexity index is 892. The van der Waals surface area contributed by atoms with E-state index in [0.717, 1.165) is 11.1 Å². The molecule has 0 saturated carbocycles. The highest BCUT2D eigenvalue weighted by Crippen LogP contribution is 2.22. The van der Waals surface area contributed by atoms with Crippen LogP contribution in [-0.4, -0.2) is 19.7 Å². The van der Waals surface area contributed by atoms with Gasteiger partial charge in [-0.15, -0.1) is 0 Å². The first-order valence-corrected chi connectivity index (χ1v) is 8.42. The Hall–Kier alpha value is -3.34. The SMILES string of the molecule is COc1ccc(COC(=O)COc2ccc(-c3ccccc3)cc2)cc1F. The minimum atomic E-state index is -0.529. The number of hydrogen-bond donors (Lipinski definition) is 0. The first kappa shape index (κ1) is 18.5. The molecule has 3 rings (SSSR count). The molecule has 27 heavy (non-hydrogen) atoms. The number of esters is 1. The van der Waals surface area contributed by atoms with Crippen LogP contribution in [0.2, 0.25) is 0 Å². The Morgan fingerprint density at radius 1 is 0.926 bits per heavy atom. The highest BCUT2D eigenvalue weighted by Gasteiger charge is 2.08. The lowest BCUT2D eigenvalue weighted by molar-refractivity contribution is -0.147. The van der Waals surface area contributed by atoms with E-state index in [2.05, 4.69) is 0 Å². The highest BCUT2D eigenvalue weighted by molar-refractivity contribution is 5.71. The Labute approximate surface area is 157 Å². The maximum absolute atomic E-state index is 13.6. The molecule has 0 aliphatic rings. The largest absolute Gasteiger partial charge is 0.494 e. The number of carbonyl (C=O) groups is 1. The molecule has 0 aliphatic heterocycles. The van der Waals surface area contributed by atoms with Gasteiger partial charge in [0.2, 0.25) is 0 Å². The van der Waals surface area contributed by atoms with Crippen LogP contribution in [0.1, 0.15) is 5.56 Å². The van der Waals surface area contributed by atoms with Gasteiger partial charge in [-0.3, -0.25) is 0 Å². The van der Waals surface area contributed by atoms with Crippen molar-refractivity contribution in [2.45, 2.75) is 6.61 Å². The minimum Gasteiger partial charge on any atom is -0.494 e. The van der Waals surface area contributed by atoms with Gasteiger partial charge in [0.1, 0.15) is 12.4 Å². The summed E-state index contributed by atoms with van der Waals surface area (Å²) in [5, 5.41) is 0. The molecule has 0 radical (unpaired) electrons. The smallest absolute Gasteiger partial charge is 0.344 e. The van der Waals surface area contributed by atoms with Crippen molar-refractivity contribution < 1.29 is 23.4 Å². The molecule has 138 valence electrons. The number of methoxy groups -OCH3 is 1. The van der Waals surface area contributed by atoms with E-state index in [-0.39, 0.29) is 19.0 Å². The summed E-state index contributed by atoms with van der Waals surface area (Å²) >= 11 is 0. The first-order chi connectivity index (χ1) is 13.2. The molecule has 3 aromatic carbocycles. The molecule has 5 heteroatoms. The second-order valence-electron chi connectivity index (χ2n) is 5.81. The van der Waals surface area contributed by atoms with Crippen molar-refractivity contribution in [3.05, 3.63) is 84.2 Å². The zero-order chi connectivity index (χ0) is 19.1. The van der Waals surface area contributed by atoms with Gasteiger partial charge in [-0.2, -0.15) is 0 Å². The van der Waals surface area contributed by atoms with E-state index < -0.39 is 11.8 Å². The van der Waals surface area contributed by atoms with Crippen LogP contribution in [0.15, 0.2) is 72.8 Å². The van der Waals surface area contributed by atoms with Crippen LogP contribution in [0, 0.1) is 5.82 Å². The lowest BCUT2D eigenvalue weighted by Crippen LogP contribution is -2.14. The summed E-state index contributed by atoms with van der Waals surface area (Å²) in [7, 11) is 1.39. The molecule has 0 heterocycles. The van der Waals surface area contributed by atoms with Gasteiger partial charge >= 0.3 is 5.97 Å². The van der Waals surface area contributed by atoms with Gasteiger partial charge in [0.25, 0.3) is 0 Å². The maximum Gasteiger partial charge on any atom is 0.344 e. The Kier molecular flexibility index (Phi) is 6.05. The molecule has 0 amide bonds.